The molecule has 1 N–H and O–H groups in total. The highest BCUT2D eigenvalue weighted by molar-refractivity contribution is 6.31. The molecular weight excluding hydrogens is 266 g/mol. The van der Waals surface area contributed by atoms with Gasteiger partial charge in [-0.05, 0) is 43.5 Å². The van der Waals surface area contributed by atoms with Crippen LogP contribution in [0.1, 0.15) is 30.9 Å². The lowest BCUT2D eigenvalue weighted by Crippen LogP contribution is -2.22. The minimum Gasteiger partial charge on any atom is -0.382 e. The topological polar surface area (TPSA) is 12.0 Å². The Morgan fingerprint density at radius 3 is 2.40 bits per heavy atom. The summed E-state index contributed by atoms with van der Waals surface area (Å²) < 4.78 is 0. The lowest BCUT2D eigenvalue weighted by atomic mass is 10.0. The van der Waals surface area contributed by atoms with Crippen LogP contribution < -0.4 is 5.32 Å². The van der Waals surface area contributed by atoms with Gasteiger partial charge in [-0.3, -0.25) is 0 Å². The second-order valence-electron chi connectivity index (χ2n) is 5.29. The molecule has 2 rings (SSSR count). The van der Waals surface area contributed by atoms with Crippen molar-refractivity contribution in [2.75, 3.05) is 5.32 Å². The first-order valence-corrected chi connectivity index (χ1v) is 7.63. The molecule has 0 bridgehead atoms. The standard InChI is InChI=1S/C18H22ClN/c1-3-6-17(13-15-7-4-5-8-18(15)19)20-16-11-9-14(2)10-12-16/h4-5,7-12,17,20H,3,6,13H2,1-2H3. The molecule has 1 nitrogen and oxygen atoms in total. The average molecular weight is 288 g/mol. The zero-order valence-electron chi connectivity index (χ0n) is 12.2. The number of anilines is 1. The molecule has 0 aliphatic heterocycles. The maximum atomic E-state index is 6.26. The number of nitrogens with one attached hydrogen (secondary N) is 1. The summed E-state index contributed by atoms with van der Waals surface area (Å²) in [5, 5.41) is 4.48. The molecular formula is C18H22ClN. The fourth-order valence-corrected chi connectivity index (χ4v) is 2.60. The highest BCUT2D eigenvalue weighted by atomic mass is 35.5. The summed E-state index contributed by atoms with van der Waals surface area (Å²) in [6.07, 6.45) is 3.26. The molecule has 0 aliphatic carbocycles. The summed E-state index contributed by atoms with van der Waals surface area (Å²) in [6, 6.07) is 17.1. The van der Waals surface area contributed by atoms with Crippen LogP contribution in [0.3, 0.4) is 0 Å². The van der Waals surface area contributed by atoms with Crippen molar-refractivity contribution in [1.29, 1.82) is 0 Å². The van der Waals surface area contributed by atoms with Crippen molar-refractivity contribution in [3.63, 3.8) is 0 Å². The van der Waals surface area contributed by atoms with Gasteiger partial charge in [0.25, 0.3) is 0 Å². The Bertz CT molecular complexity index is 533. The van der Waals surface area contributed by atoms with Crippen LogP contribution in [0.5, 0.6) is 0 Å². The number of halogens is 1. The van der Waals surface area contributed by atoms with E-state index >= 15 is 0 Å². The SMILES string of the molecule is CCCC(Cc1ccccc1Cl)Nc1ccc(C)cc1. The molecule has 0 aliphatic rings. The molecule has 2 heteroatoms. The van der Waals surface area contributed by atoms with E-state index in [9.17, 15) is 0 Å². The van der Waals surface area contributed by atoms with Crippen LogP contribution in [0.25, 0.3) is 0 Å². The van der Waals surface area contributed by atoms with E-state index in [4.69, 9.17) is 11.6 Å². The monoisotopic (exact) mass is 287 g/mol. The van der Waals surface area contributed by atoms with Crippen molar-refractivity contribution >= 4 is 17.3 Å². The van der Waals surface area contributed by atoms with Gasteiger partial charge >= 0.3 is 0 Å². The first-order valence-electron chi connectivity index (χ1n) is 7.25. The van der Waals surface area contributed by atoms with Gasteiger partial charge in [-0.25, -0.2) is 0 Å². The number of rotatable bonds is 6. The third-order valence-electron chi connectivity index (χ3n) is 3.48. The first-order chi connectivity index (χ1) is 9.69. The smallest absolute Gasteiger partial charge is 0.0438 e. The number of benzene rings is 2. The van der Waals surface area contributed by atoms with Gasteiger partial charge in [0, 0.05) is 16.8 Å². The Kier molecular flexibility index (Phi) is 5.49. The first kappa shape index (κ1) is 14.9. The molecule has 1 atom stereocenters. The maximum absolute atomic E-state index is 6.26. The fourth-order valence-electron chi connectivity index (χ4n) is 2.39. The van der Waals surface area contributed by atoms with Crippen molar-refractivity contribution in [2.45, 2.75) is 39.2 Å². The molecule has 1 unspecified atom stereocenters. The van der Waals surface area contributed by atoms with Crippen LogP contribution >= 0.6 is 11.6 Å². The van der Waals surface area contributed by atoms with Gasteiger partial charge in [0.1, 0.15) is 0 Å². The average Bonchev–Trinajstić information content (AvgIpc) is 2.44. The second kappa shape index (κ2) is 7.35. The highest BCUT2D eigenvalue weighted by Crippen LogP contribution is 2.20. The minimum absolute atomic E-state index is 0.419. The zero-order valence-corrected chi connectivity index (χ0v) is 13.0. The Morgan fingerprint density at radius 1 is 1.05 bits per heavy atom. The van der Waals surface area contributed by atoms with Gasteiger partial charge in [0.2, 0.25) is 0 Å². The zero-order chi connectivity index (χ0) is 14.4. The van der Waals surface area contributed by atoms with Crippen LogP contribution in [0.2, 0.25) is 5.02 Å². The summed E-state index contributed by atoms with van der Waals surface area (Å²) >= 11 is 6.26. The van der Waals surface area contributed by atoms with Gasteiger partial charge < -0.3 is 5.32 Å². The van der Waals surface area contributed by atoms with Gasteiger partial charge in [0.05, 0.1) is 0 Å². The van der Waals surface area contributed by atoms with Crippen molar-refractivity contribution < 1.29 is 0 Å². The molecule has 0 amide bonds. The van der Waals surface area contributed by atoms with Gasteiger partial charge in [0.15, 0.2) is 0 Å². The van der Waals surface area contributed by atoms with E-state index in [0.29, 0.717) is 6.04 Å². The Morgan fingerprint density at radius 2 is 1.75 bits per heavy atom. The highest BCUT2D eigenvalue weighted by Gasteiger charge is 2.10. The molecule has 0 saturated carbocycles. The van der Waals surface area contributed by atoms with E-state index in [1.54, 1.807) is 0 Å². The van der Waals surface area contributed by atoms with Crippen LogP contribution in [-0.4, -0.2) is 6.04 Å². The van der Waals surface area contributed by atoms with E-state index in [1.165, 1.54) is 16.8 Å². The number of hydrogen-bond donors (Lipinski definition) is 1. The van der Waals surface area contributed by atoms with E-state index in [2.05, 4.69) is 55.6 Å². The molecule has 2 aromatic rings. The van der Waals surface area contributed by atoms with Crippen molar-refractivity contribution in [2.24, 2.45) is 0 Å². The molecule has 0 aromatic heterocycles. The predicted octanol–water partition coefficient (Wildman–Crippen LogP) is 5.47. The van der Waals surface area contributed by atoms with E-state index in [1.807, 2.05) is 12.1 Å². The molecule has 0 fully saturated rings. The van der Waals surface area contributed by atoms with Gasteiger partial charge in [-0.15, -0.1) is 0 Å². The van der Waals surface area contributed by atoms with Gasteiger partial charge in [-0.2, -0.15) is 0 Å². The van der Waals surface area contributed by atoms with E-state index in [0.717, 1.165) is 24.3 Å². The Hall–Kier alpha value is -1.47. The third-order valence-corrected chi connectivity index (χ3v) is 3.85. The molecule has 0 saturated heterocycles. The molecule has 106 valence electrons. The number of aryl methyl sites for hydroxylation is 1. The van der Waals surface area contributed by atoms with Crippen molar-refractivity contribution in [3.05, 3.63) is 64.7 Å². The van der Waals surface area contributed by atoms with Crippen molar-refractivity contribution in [3.8, 4) is 0 Å². The molecule has 2 aromatic carbocycles. The second-order valence-corrected chi connectivity index (χ2v) is 5.70. The lowest BCUT2D eigenvalue weighted by Gasteiger charge is -2.20. The molecule has 0 radical (unpaired) electrons. The van der Waals surface area contributed by atoms with Crippen molar-refractivity contribution in [1.82, 2.24) is 0 Å². The van der Waals surface area contributed by atoms with Crippen LogP contribution in [0.4, 0.5) is 5.69 Å². The van der Waals surface area contributed by atoms with Gasteiger partial charge in [-0.1, -0.05) is 60.8 Å². The quantitative estimate of drug-likeness (QED) is 0.742. The summed E-state index contributed by atoms with van der Waals surface area (Å²) in [5.74, 6) is 0. The minimum atomic E-state index is 0.419. The predicted molar refractivity (Wildman–Crippen MR) is 88.7 cm³/mol. The van der Waals surface area contributed by atoms with Crippen LogP contribution in [0.15, 0.2) is 48.5 Å². The largest absolute Gasteiger partial charge is 0.382 e. The number of hydrogen-bond acceptors (Lipinski definition) is 1. The molecule has 0 spiro atoms. The normalized spacial score (nSPS) is 12.2. The molecule has 20 heavy (non-hydrogen) atoms. The van der Waals surface area contributed by atoms with Crippen LogP contribution in [0, 0.1) is 6.92 Å². The summed E-state index contributed by atoms with van der Waals surface area (Å²) in [7, 11) is 0. The third kappa shape index (κ3) is 4.28. The molecule has 0 heterocycles. The lowest BCUT2D eigenvalue weighted by molar-refractivity contribution is 0.637. The Labute approximate surface area is 127 Å². The fraction of sp³-hybridized carbons (Fsp3) is 0.333. The Balaban J connectivity index is 2.07. The van der Waals surface area contributed by atoms with E-state index in [-0.39, 0.29) is 0 Å². The summed E-state index contributed by atoms with van der Waals surface area (Å²) in [5.41, 5.74) is 3.68. The van der Waals surface area contributed by atoms with E-state index < -0.39 is 0 Å². The maximum Gasteiger partial charge on any atom is 0.0438 e. The summed E-state index contributed by atoms with van der Waals surface area (Å²) in [6.45, 7) is 4.33. The van der Waals surface area contributed by atoms with Crippen LogP contribution in [-0.2, 0) is 6.42 Å². The summed E-state index contributed by atoms with van der Waals surface area (Å²) in [4.78, 5) is 0.